The van der Waals surface area contributed by atoms with Crippen LogP contribution >= 0.6 is 0 Å². The number of nitrogens with one attached hydrogen (secondary N) is 7. The van der Waals surface area contributed by atoms with Crippen LogP contribution in [0.1, 0.15) is 334 Å². The maximum atomic E-state index is 13.2. The molecule has 0 saturated carbocycles. The lowest BCUT2D eigenvalue weighted by molar-refractivity contribution is -0.144. The summed E-state index contributed by atoms with van der Waals surface area (Å²) in [6.07, 6.45) is 23.9. The fourth-order valence-corrected chi connectivity index (χ4v) is 15.4. The van der Waals surface area contributed by atoms with Crippen molar-refractivity contribution in [3.05, 3.63) is 71.8 Å². The first-order valence-corrected chi connectivity index (χ1v) is 53.9. The van der Waals surface area contributed by atoms with Gasteiger partial charge < -0.3 is 102 Å². The Morgan fingerprint density at radius 3 is 0.993 bits per heavy atom. The molecule has 14 N–H and O–H groups in total. The molecule has 0 aliphatic carbocycles. The number of ether oxygens (including phenoxy) is 8. The summed E-state index contributed by atoms with van der Waals surface area (Å²) < 4.78 is 43.5. The molecular weight excluding hydrogens is 1930 g/mol. The van der Waals surface area contributed by atoms with E-state index < -0.39 is 65.5 Å². The number of carboxylic acid groups (broad SMARTS) is 4. The highest BCUT2D eigenvalue weighted by atomic mass is 16.5. The van der Waals surface area contributed by atoms with Gasteiger partial charge in [0, 0.05) is 166 Å². The maximum Gasteiger partial charge on any atom is 0.326 e. The lowest BCUT2D eigenvalue weighted by Crippen LogP contribution is -2.41. The number of carbonyl (C=O) groups excluding carboxylic acids is 15. The van der Waals surface area contributed by atoms with Gasteiger partial charge in [-0.1, -0.05) is 198 Å². The van der Waals surface area contributed by atoms with Gasteiger partial charge in [0.05, 0.1) is 77.9 Å². The highest BCUT2D eigenvalue weighted by molar-refractivity contribution is 5.90. The topological polar surface area (TPSA) is 598 Å². The Morgan fingerprint density at radius 2 is 0.591 bits per heavy atom. The Bertz CT molecular complexity index is 4110. The van der Waals surface area contributed by atoms with E-state index in [0.717, 1.165) is 120 Å². The van der Waals surface area contributed by atoms with Crippen molar-refractivity contribution in [1.29, 1.82) is 0 Å². The molecule has 0 heterocycles. The fourth-order valence-electron chi connectivity index (χ4n) is 15.4. The van der Waals surface area contributed by atoms with Gasteiger partial charge in [0.2, 0.25) is 41.4 Å². The van der Waals surface area contributed by atoms with Gasteiger partial charge in [0.15, 0.2) is 5.78 Å². The lowest BCUT2D eigenvalue weighted by atomic mass is 9.86. The van der Waals surface area contributed by atoms with Gasteiger partial charge in [-0.3, -0.25) is 81.5 Å². The number of hydrogen-bond acceptors (Lipinski definition) is 28. The minimum absolute atomic E-state index is 0. The standard InChI is InChI=1S/C105H167N7O30.C5H10O.H3N.4H2/c1-3-93(118)83(40-29-32-56-108-100(125)78-142-70-66-138-62-58-110-101(126)79-141-69-63-135-59-33-42-87(114)49-50-91(104(131)132)111-97(122)44-26-16-12-8-5-4-7-11-15-25-41-86(113)48-46-84(102(127)128)73-89(116)71-81-36-21-19-22-37-81)75-94(119)80(2)35-28-31-55-107-99(124)77-140-68-64-136-60-34-43-88(115)76-139-67-65-137-61-57-109-96(121)53-51-92(105(133)134)112-98(123)45-27-17-13-9-6-10-14-18-30-54-106-95(120)52-47-85(103(129)130)74-90(117)72-82-38-23-20-24-39-82;1-4(2)5(3)6;;;;;/h19-24,36-39,80,83-85,91-92H,3-18,25-35,40-79H2,1-2H3,(H,106,120)(H,107,124)(H,108,125)(H,109,121)(H,110,126)(H,111,122)(H,112,123)(H,127,128)(H,129,130)(H,131,132)(H,133,134);4H,1-3H3;1H3;4*1H/t80-,83+,84+,85+,91-,92-;;;;;;/m0....../s1. The van der Waals surface area contributed by atoms with Crippen molar-refractivity contribution in [1.82, 2.24) is 43.4 Å². The Hall–Kier alpha value is -10.4. The molecular formula is C110H188N8O31. The molecule has 2 aromatic carbocycles. The van der Waals surface area contributed by atoms with E-state index in [4.69, 9.17) is 37.9 Å². The van der Waals surface area contributed by atoms with Gasteiger partial charge in [-0.15, -0.1) is 0 Å². The number of benzene rings is 2. The first-order valence-electron chi connectivity index (χ1n) is 53.9. The van der Waals surface area contributed by atoms with Crippen LogP contribution in [0.5, 0.6) is 0 Å². The number of rotatable bonds is 101. The molecule has 0 bridgehead atoms. The number of amides is 7. The maximum absolute atomic E-state index is 13.2. The monoisotopic (exact) mass is 2120 g/mol. The molecule has 2 rings (SSSR count). The zero-order valence-electron chi connectivity index (χ0n) is 89.7. The molecule has 6 atom stereocenters. The minimum Gasteiger partial charge on any atom is -0.481 e. The molecule has 0 spiro atoms. The van der Waals surface area contributed by atoms with E-state index in [2.05, 4.69) is 37.2 Å². The molecule has 0 saturated heterocycles. The summed E-state index contributed by atoms with van der Waals surface area (Å²) in [5.41, 5.74) is 1.66. The van der Waals surface area contributed by atoms with Gasteiger partial charge in [-0.25, -0.2) is 9.59 Å². The molecule has 0 radical (unpaired) electrons. The van der Waals surface area contributed by atoms with Gasteiger partial charge in [-0.2, -0.15) is 0 Å². The fraction of sp³-hybridized carbons (Fsp3) is 0.718. The minimum atomic E-state index is -1.23. The van der Waals surface area contributed by atoms with E-state index in [0.29, 0.717) is 103 Å². The highest BCUT2D eigenvalue weighted by Gasteiger charge is 2.28. The molecule has 0 aromatic heterocycles. The first kappa shape index (κ1) is 139. The van der Waals surface area contributed by atoms with Gasteiger partial charge >= 0.3 is 23.9 Å². The zero-order valence-corrected chi connectivity index (χ0v) is 89.7. The number of Topliss-reactive ketones (excluding diaryl/α,β-unsaturated/α-hetero) is 8. The smallest absolute Gasteiger partial charge is 0.326 e. The van der Waals surface area contributed by atoms with E-state index in [9.17, 15) is 112 Å². The van der Waals surface area contributed by atoms with Crippen LogP contribution in [0.15, 0.2) is 60.7 Å². The van der Waals surface area contributed by atoms with E-state index in [-0.39, 0.29) is 321 Å². The van der Waals surface area contributed by atoms with Crippen LogP contribution in [0.4, 0.5) is 0 Å². The van der Waals surface area contributed by atoms with Crippen molar-refractivity contribution in [2.75, 3.05) is 138 Å². The van der Waals surface area contributed by atoms with Crippen molar-refractivity contribution < 1.29 is 155 Å². The Labute approximate surface area is 887 Å². The van der Waals surface area contributed by atoms with Gasteiger partial charge in [0.25, 0.3) is 0 Å². The molecule has 0 aliphatic heterocycles. The highest BCUT2D eigenvalue weighted by Crippen LogP contribution is 2.24. The summed E-state index contributed by atoms with van der Waals surface area (Å²) in [6.45, 7) is 12.3. The average Bonchev–Trinajstić information content (AvgIpc) is 0.898. The number of aliphatic carboxylic acids is 4. The normalized spacial score (nSPS) is 12.3. The van der Waals surface area contributed by atoms with Crippen molar-refractivity contribution in [2.45, 2.75) is 342 Å². The lowest BCUT2D eigenvalue weighted by Gasteiger charge is -2.17. The second kappa shape index (κ2) is 93.6. The molecule has 0 aliphatic rings. The second-order valence-corrected chi connectivity index (χ2v) is 38.0. The summed E-state index contributed by atoms with van der Waals surface area (Å²) in [4.78, 5) is 232. The van der Waals surface area contributed by atoms with Crippen LogP contribution in [-0.4, -0.2) is 282 Å². The van der Waals surface area contributed by atoms with Crippen LogP contribution in [0.25, 0.3) is 0 Å². The third-order valence-electron chi connectivity index (χ3n) is 24.7. The predicted molar refractivity (Wildman–Crippen MR) is 569 cm³/mol. The predicted octanol–water partition coefficient (Wildman–Crippen LogP) is 13.5. The van der Waals surface area contributed by atoms with Gasteiger partial charge in [-0.05, 0) is 108 Å². The molecule has 0 fully saturated rings. The third-order valence-corrected chi connectivity index (χ3v) is 24.7. The quantitative estimate of drug-likeness (QED) is 0.0274. The molecule has 0 unspecified atom stereocenters. The third kappa shape index (κ3) is 84.0. The second-order valence-electron chi connectivity index (χ2n) is 38.0. The Kier molecular flexibility index (Phi) is 87.1. The van der Waals surface area contributed by atoms with Crippen LogP contribution in [0.3, 0.4) is 0 Å². The van der Waals surface area contributed by atoms with Crippen LogP contribution in [0, 0.1) is 29.6 Å². The van der Waals surface area contributed by atoms with Crippen molar-refractivity contribution in [3.8, 4) is 0 Å². The first-order chi connectivity index (χ1) is 71.2. The van der Waals surface area contributed by atoms with Crippen LogP contribution in [0.2, 0.25) is 0 Å². The van der Waals surface area contributed by atoms with E-state index >= 15 is 0 Å². The number of ketones is 8. The molecule has 39 nitrogen and oxygen atoms in total. The van der Waals surface area contributed by atoms with Crippen molar-refractivity contribution in [2.24, 2.45) is 29.6 Å². The Morgan fingerprint density at radius 1 is 0.275 bits per heavy atom. The van der Waals surface area contributed by atoms with E-state index in [1.807, 2.05) is 81.4 Å². The van der Waals surface area contributed by atoms with E-state index in [1.54, 1.807) is 13.8 Å². The SMILES string of the molecule is CC(=O)C(C)C.CCC(=O)[C@H](CCCCNC(=O)COCCOCCNC(=O)COCCOCCCC(=O)CC[C@H](NC(=O)CCCCCCCCCCCCC(=O)CC[C@H](CC(=O)Cc1ccccc1)C(=O)O)C(=O)O)CC(=O)[C@@H](C)CCCCNC(=O)COCCOCCCC(=O)COCCOCCNC(=O)CC[C@H](NC(=O)CCCCCCCCCCCNC(=O)CC[C@H](CC(=O)Cc1ccccc1)C(=O)O)C(=O)O.N.[HH].[HH].[HH].[HH]. The summed E-state index contributed by atoms with van der Waals surface area (Å²) in [5.74, 6) is -9.44. The van der Waals surface area contributed by atoms with Crippen LogP contribution in [-0.2, 0) is 142 Å². The van der Waals surface area contributed by atoms with Crippen molar-refractivity contribution in [3.63, 3.8) is 0 Å². The van der Waals surface area contributed by atoms with Crippen LogP contribution < -0.4 is 43.4 Å². The molecule has 7 amide bonds. The summed E-state index contributed by atoms with van der Waals surface area (Å²) in [7, 11) is 0. The molecule has 149 heavy (non-hydrogen) atoms. The zero-order chi connectivity index (χ0) is 109. The molecule has 39 heteroatoms. The Balaban J connectivity index is -0.00000643. The largest absolute Gasteiger partial charge is 0.481 e. The number of unbranched alkanes of at least 4 members (excludes halogenated alkanes) is 19. The summed E-state index contributed by atoms with van der Waals surface area (Å²) >= 11 is 0. The number of carboxylic acids is 4. The number of carbonyl (C=O) groups is 19. The molecule has 2 aromatic rings. The summed E-state index contributed by atoms with van der Waals surface area (Å²) in [5, 5.41) is 57.3. The van der Waals surface area contributed by atoms with Gasteiger partial charge in [0.1, 0.15) is 79.0 Å². The van der Waals surface area contributed by atoms with E-state index in [1.165, 1.54) is 0 Å². The summed E-state index contributed by atoms with van der Waals surface area (Å²) in [6, 6.07) is 15.9. The molecule has 854 valence electrons. The number of hydrogen-bond donors (Lipinski definition) is 12. The van der Waals surface area contributed by atoms with Crippen molar-refractivity contribution >= 4 is 111 Å². The average molecular weight is 2120 g/mol.